The quantitative estimate of drug-likeness (QED) is 0.404. The van der Waals surface area contributed by atoms with Crippen molar-refractivity contribution in [2.24, 2.45) is 5.11 Å². The first-order chi connectivity index (χ1) is 4.18. The lowest BCUT2D eigenvalue weighted by atomic mass is 10.2. The summed E-state index contributed by atoms with van der Waals surface area (Å²) in [4.78, 5) is 0. The molecule has 5 heteroatoms. The van der Waals surface area contributed by atoms with Gasteiger partial charge in [0, 0.05) is 0 Å². The minimum Gasteiger partial charge on any atom is -0.356 e. The lowest BCUT2D eigenvalue weighted by molar-refractivity contribution is 0.103. The van der Waals surface area contributed by atoms with E-state index in [2.05, 4.69) is 5.11 Å². The van der Waals surface area contributed by atoms with E-state index in [1.807, 2.05) is 0 Å². The summed E-state index contributed by atoms with van der Waals surface area (Å²) in [5.74, 6) is 0. The number of aliphatic hydroxyl groups is 1. The second kappa shape index (κ2) is 2.75. The first-order valence-electron chi connectivity index (χ1n) is 2.08. The molecular weight excluding hydrogens is 120 g/mol. The maximum atomic E-state index is 8.69. The van der Waals surface area contributed by atoms with Crippen molar-refractivity contribution in [3.05, 3.63) is 0 Å². The van der Waals surface area contributed by atoms with Gasteiger partial charge in [-0.15, -0.1) is 5.11 Å². The fourth-order valence-electron chi connectivity index (χ4n) is 0.214. The van der Waals surface area contributed by atoms with Gasteiger partial charge in [-0.25, -0.2) is 5.53 Å². The van der Waals surface area contributed by atoms with E-state index in [0.29, 0.717) is 0 Å². The summed E-state index contributed by atoms with van der Waals surface area (Å²) in [5, 5.41) is 27.3. The molecule has 0 aliphatic rings. The fraction of sp³-hybridized carbons (Fsp3) is 0.500. The molecule has 0 heterocycles. The summed E-state index contributed by atoms with van der Waals surface area (Å²) in [7, 11) is 0. The van der Waals surface area contributed by atoms with E-state index in [1.165, 1.54) is 12.1 Å². The summed E-state index contributed by atoms with van der Waals surface area (Å²) >= 11 is 0. The van der Waals surface area contributed by atoms with Crippen LogP contribution in [0.5, 0.6) is 0 Å². The third-order valence-corrected chi connectivity index (χ3v) is 0.690. The molecule has 0 rings (SSSR count). The van der Waals surface area contributed by atoms with Gasteiger partial charge in [-0.05, 0) is 0 Å². The molecule has 0 aliphatic heterocycles. The molecule has 1 unspecified atom stereocenters. The van der Waals surface area contributed by atoms with Gasteiger partial charge in [0.1, 0.15) is 12.5 Å². The van der Waals surface area contributed by atoms with Crippen molar-refractivity contribution in [1.82, 2.24) is 0 Å². The Balaban J connectivity index is 4.18. The Morgan fingerprint density at radius 3 is 2.33 bits per heavy atom. The van der Waals surface area contributed by atoms with Crippen LogP contribution in [0, 0.1) is 28.2 Å². The van der Waals surface area contributed by atoms with Crippen LogP contribution in [0.25, 0.3) is 0 Å². The molecule has 0 aliphatic carbocycles. The van der Waals surface area contributed by atoms with E-state index in [4.69, 9.17) is 21.2 Å². The molecule has 46 valence electrons. The predicted octanol–water partition coefficient (Wildman–Crippen LogP) is 0.143. The Morgan fingerprint density at radius 2 is 2.22 bits per heavy atom. The second-order valence-corrected chi connectivity index (χ2v) is 1.38. The largest absolute Gasteiger partial charge is 0.356 e. The zero-order valence-corrected chi connectivity index (χ0v) is 4.50. The van der Waals surface area contributed by atoms with Crippen LogP contribution in [0.2, 0.25) is 0 Å². The standard InChI is InChI=1S/C4H4N4O/c5-2-1-4(9,3-6)8-7/h7,9H,1H2. The monoisotopic (exact) mass is 124 g/mol. The summed E-state index contributed by atoms with van der Waals surface area (Å²) in [5.41, 5.74) is 4.13. The van der Waals surface area contributed by atoms with Gasteiger partial charge in [0.25, 0.3) is 5.72 Å². The molecule has 0 aromatic heterocycles. The highest BCUT2D eigenvalue weighted by atomic mass is 16.3. The average molecular weight is 124 g/mol. The van der Waals surface area contributed by atoms with Gasteiger partial charge in [-0.3, -0.25) is 0 Å². The molecule has 0 amide bonds. The Morgan fingerprint density at radius 1 is 1.67 bits per heavy atom. The Kier molecular flexibility index (Phi) is 2.31. The maximum absolute atomic E-state index is 8.69. The van der Waals surface area contributed by atoms with Crippen molar-refractivity contribution >= 4 is 0 Å². The number of hydrogen-bond donors (Lipinski definition) is 2. The number of hydrogen-bond acceptors (Lipinski definition) is 5. The average Bonchev–Trinajstić information content (AvgIpc) is 1.89. The van der Waals surface area contributed by atoms with E-state index in [-0.39, 0.29) is 0 Å². The third-order valence-electron chi connectivity index (χ3n) is 0.690. The van der Waals surface area contributed by atoms with Crippen LogP contribution in [0.1, 0.15) is 6.42 Å². The van der Waals surface area contributed by atoms with Crippen LogP contribution in [-0.2, 0) is 0 Å². The molecule has 0 radical (unpaired) electrons. The van der Waals surface area contributed by atoms with Crippen LogP contribution < -0.4 is 0 Å². The van der Waals surface area contributed by atoms with E-state index in [1.54, 1.807) is 0 Å². The minimum atomic E-state index is -2.13. The first kappa shape index (κ1) is 7.54. The molecule has 0 saturated heterocycles. The molecule has 1 atom stereocenters. The number of rotatable bonds is 2. The summed E-state index contributed by atoms with van der Waals surface area (Å²) < 4.78 is 0. The van der Waals surface area contributed by atoms with Crippen molar-refractivity contribution in [3.63, 3.8) is 0 Å². The van der Waals surface area contributed by atoms with Crippen LogP contribution in [0.15, 0.2) is 5.11 Å². The lowest BCUT2D eigenvalue weighted by Gasteiger charge is -2.04. The highest BCUT2D eigenvalue weighted by Crippen LogP contribution is 2.07. The molecule has 9 heavy (non-hydrogen) atoms. The van der Waals surface area contributed by atoms with Gasteiger partial charge in [0.15, 0.2) is 0 Å². The van der Waals surface area contributed by atoms with E-state index >= 15 is 0 Å². The molecule has 2 N–H and O–H groups in total. The van der Waals surface area contributed by atoms with E-state index in [0.717, 1.165) is 0 Å². The fourth-order valence-corrected chi connectivity index (χ4v) is 0.214. The topological polar surface area (TPSA) is 104 Å². The van der Waals surface area contributed by atoms with Crippen molar-refractivity contribution in [3.8, 4) is 12.1 Å². The van der Waals surface area contributed by atoms with E-state index in [9.17, 15) is 0 Å². The molecule has 0 bridgehead atoms. The molecule has 0 spiro atoms. The zero-order chi connectivity index (χ0) is 7.33. The maximum Gasteiger partial charge on any atom is 0.276 e. The second-order valence-electron chi connectivity index (χ2n) is 1.38. The Bertz CT molecular complexity index is 188. The predicted molar refractivity (Wildman–Crippen MR) is 25.9 cm³/mol. The highest BCUT2D eigenvalue weighted by molar-refractivity contribution is 5.02. The molecule has 0 aromatic rings. The molecule has 0 fully saturated rings. The van der Waals surface area contributed by atoms with Crippen molar-refractivity contribution < 1.29 is 5.11 Å². The Hall–Kier alpha value is -1.46. The lowest BCUT2D eigenvalue weighted by Crippen LogP contribution is -2.21. The summed E-state index contributed by atoms with van der Waals surface area (Å²) in [6, 6.07) is 2.83. The van der Waals surface area contributed by atoms with Crippen LogP contribution in [0.4, 0.5) is 0 Å². The van der Waals surface area contributed by atoms with Crippen LogP contribution in [0.3, 0.4) is 0 Å². The van der Waals surface area contributed by atoms with Crippen molar-refractivity contribution in [1.29, 1.82) is 16.1 Å². The van der Waals surface area contributed by atoms with Gasteiger partial charge in [0.05, 0.1) is 6.07 Å². The number of nitrogens with one attached hydrogen (secondary N) is 1. The van der Waals surface area contributed by atoms with Crippen molar-refractivity contribution in [2.75, 3.05) is 0 Å². The van der Waals surface area contributed by atoms with Gasteiger partial charge in [-0.1, -0.05) is 0 Å². The first-order valence-corrected chi connectivity index (χ1v) is 2.08. The molecule has 0 aromatic carbocycles. The third kappa shape index (κ3) is 1.85. The van der Waals surface area contributed by atoms with Crippen LogP contribution >= 0.6 is 0 Å². The smallest absolute Gasteiger partial charge is 0.276 e. The zero-order valence-electron chi connectivity index (χ0n) is 4.50. The number of nitriles is 2. The molecule has 5 nitrogen and oxygen atoms in total. The number of nitrogens with zero attached hydrogens (tertiary/aromatic N) is 3. The minimum absolute atomic E-state index is 0.465. The Labute approximate surface area is 51.7 Å². The summed E-state index contributed by atoms with van der Waals surface area (Å²) in [6.07, 6.45) is -0.465. The van der Waals surface area contributed by atoms with Gasteiger partial charge in [0.2, 0.25) is 0 Å². The van der Waals surface area contributed by atoms with Gasteiger partial charge >= 0.3 is 0 Å². The van der Waals surface area contributed by atoms with Gasteiger partial charge < -0.3 is 5.11 Å². The van der Waals surface area contributed by atoms with Gasteiger partial charge in [-0.2, -0.15) is 10.5 Å². The molecular formula is C4H4N4O. The summed E-state index contributed by atoms with van der Waals surface area (Å²) in [6.45, 7) is 0. The SMILES string of the molecule is N#CCC(O)(C#N)N=N. The highest BCUT2D eigenvalue weighted by Gasteiger charge is 2.24. The normalized spacial score (nSPS) is 14.6. The van der Waals surface area contributed by atoms with E-state index < -0.39 is 12.1 Å². The molecule has 0 saturated carbocycles. The van der Waals surface area contributed by atoms with Crippen molar-refractivity contribution in [2.45, 2.75) is 12.1 Å². The van der Waals surface area contributed by atoms with Crippen LogP contribution in [-0.4, -0.2) is 10.8 Å².